The van der Waals surface area contributed by atoms with Gasteiger partial charge in [-0.2, -0.15) is 0 Å². The standard InChI is InChI=1S/C20H26N2O2S/c1-14-15(2)25-20(22-14)17-8-5-7-16(13-17)19(23)21-11-4-3-9-18-10-6-12-24-18/h5,7-8,13,18H,3-4,6,9-12H2,1-2H3,(H,21,23). The van der Waals surface area contributed by atoms with Gasteiger partial charge in [0.2, 0.25) is 0 Å². The molecule has 1 aromatic heterocycles. The lowest BCUT2D eigenvalue weighted by Gasteiger charge is -2.09. The lowest BCUT2D eigenvalue weighted by atomic mass is 10.1. The number of rotatable bonds is 7. The highest BCUT2D eigenvalue weighted by Crippen LogP contribution is 2.27. The fourth-order valence-corrected chi connectivity index (χ4v) is 3.97. The molecule has 1 atom stereocenters. The van der Waals surface area contributed by atoms with Crippen molar-refractivity contribution < 1.29 is 9.53 Å². The van der Waals surface area contributed by atoms with Crippen LogP contribution in [0.5, 0.6) is 0 Å². The Bertz CT molecular complexity index is 701. The van der Waals surface area contributed by atoms with Crippen molar-refractivity contribution in [1.82, 2.24) is 10.3 Å². The first-order valence-corrected chi connectivity index (χ1v) is 9.89. The number of unbranched alkanes of at least 4 members (excludes halogenated alkanes) is 1. The quantitative estimate of drug-likeness (QED) is 0.741. The normalized spacial score (nSPS) is 17.0. The molecule has 1 fully saturated rings. The molecule has 1 aromatic carbocycles. The molecule has 0 bridgehead atoms. The van der Waals surface area contributed by atoms with Gasteiger partial charge in [0, 0.05) is 29.2 Å². The molecule has 5 heteroatoms. The minimum Gasteiger partial charge on any atom is -0.378 e. The third-order valence-electron chi connectivity index (χ3n) is 4.66. The lowest BCUT2D eigenvalue weighted by Crippen LogP contribution is -2.24. The van der Waals surface area contributed by atoms with E-state index >= 15 is 0 Å². The van der Waals surface area contributed by atoms with E-state index in [-0.39, 0.29) is 5.91 Å². The van der Waals surface area contributed by atoms with Crippen LogP contribution in [0.25, 0.3) is 10.6 Å². The van der Waals surface area contributed by atoms with E-state index in [4.69, 9.17) is 4.74 Å². The Morgan fingerprint density at radius 3 is 2.96 bits per heavy atom. The average Bonchev–Trinajstić information content (AvgIpc) is 3.25. The Balaban J connectivity index is 1.49. The van der Waals surface area contributed by atoms with Crippen molar-refractivity contribution in [2.45, 2.75) is 52.1 Å². The van der Waals surface area contributed by atoms with Crippen LogP contribution in [0.15, 0.2) is 24.3 Å². The zero-order valence-corrected chi connectivity index (χ0v) is 15.8. The molecular formula is C20H26N2O2S. The molecule has 0 saturated carbocycles. The van der Waals surface area contributed by atoms with Crippen molar-refractivity contribution in [2.75, 3.05) is 13.2 Å². The fraction of sp³-hybridized carbons (Fsp3) is 0.500. The molecule has 0 spiro atoms. The number of nitrogens with zero attached hydrogens (tertiary/aromatic N) is 1. The zero-order valence-electron chi connectivity index (χ0n) is 15.0. The predicted molar refractivity (Wildman–Crippen MR) is 102 cm³/mol. The molecule has 1 aliphatic heterocycles. The van der Waals surface area contributed by atoms with E-state index in [1.54, 1.807) is 11.3 Å². The number of nitrogens with one attached hydrogen (secondary N) is 1. The number of amides is 1. The molecule has 1 N–H and O–H groups in total. The number of aryl methyl sites for hydroxylation is 2. The Morgan fingerprint density at radius 2 is 2.24 bits per heavy atom. The van der Waals surface area contributed by atoms with E-state index in [0.29, 0.717) is 18.2 Å². The number of benzene rings is 1. The van der Waals surface area contributed by atoms with Crippen molar-refractivity contribution in [3.8, 4) is 10.6 Å². The second-order valence-electron chi connectivity index (χ2n) is 6.63. The summed E-state index contributed by atoms with van der Waals surface area (Å²) in [5.41, 5.74) is 2.76. The molecule has 1 amide bonds. The molecule has 2 aromatic rings. The van der Waals surface area contributed by atoms with E-state index in [2.05, 4.69) is 17.2 Å². The van der Waals surface area contributed by atoms with Crippen LogP contribution < -0.4 is 5.32 Å². The van der Waals surface area contributed by atoms with Crippen LogP contribution in [0.3, 0.4) is 0 Å². The summed E-state index contributed by atoms with van der Waals surface area (Å²) in [7, 11) is 0. The maximum absolute atomic E-state index is 12.4. The summed E-state index contributed by atoms with van der Waals surface area (Å²) < 4.78 is 5.62. The maximum atomic E-state index is 12.4. The molecule has 0 radical (unpaired) electrons. The molecule has 0 aliphatic carbocycles. The Morgan fingerprint density at radius 1 is 1.36 bits per heavy atom. The van der Waals surface area contributed by atoms with Gasteiger partial charge >= 0.3 is 0 Å². The topological polar surface area (TPSA) is 51.2 Å². The van der Waals surface area contributed by atoms with Crippen LogP contribution in [-0.2, 0) is 4.74 Å². The molecule has 25 heavy (non-hydrogen) atoms. The SMILES string of the molecule is Cc1nc(-c2cccc(C(=O)NCCCCC3CCCO3)c2)sc1C. The maximum Gasteiger partial charge on any atom is 0.251 e. The second kappa shape index (κ2) is 8.59. The summed E-state index contributed by atoms with van der Waals surface area (Å²) in [6.07, 6.45) is 6.02. The van der Waals surface area contributed by atoms with Crippen molar-refractivity contribution in [3.05, 3.63) is 40.4 Å². The molecule has 4 nitrogen and oxygen atoms in total. The van der Waals surface area contributed by atoms with Crippen LogP contribution in [0.4, 0.5) is 0 Å². The van der Waals surface area contributed by atoms with Gasteiger partial charge < -0.3 is 10.1 Å². The molecule has 3 rings (SSSR count). The zero-order chi connectivity index (χ0) is 17.6. The van der Waals surface area contributed by atoms with Gasteiger partial charge in [0.1, 0.15) is 5.01 Å². The van der Waals surface area contributed by atoms with E-state index in [9.17, 15) is 4.79 Å². The highest BCUT2D eigenvalue weighted by atomic mass is 32.1. The first-order chi connectivity index (χ1) is 12.1. The summed E-state index contributed by atoms with van der Waals surface area (Å²) >= 11 is 1.67. The van der Waals surface area contributed by atoms with E-state index < -0.39 is 0 Å². The predicted octanol–water partition coefficient (Wildman–Crippen LogP) is 4.51. The monoisotopic (exact) mass is 358 g/mol. The van der Waals surface area contributed by atoms with Crippen molar-refractivity contribution in [2.24, 2.45) is 0 Å². The summed E-state index contributed by atoms with van der Waals surface area (Å²) in [4.78, 5) is 18.2. The number of carbonyl (C=O) groups is 1. The number of ether oxygens (including phenoxy) is 1. The molecule has 134 valence electrons. The number of hydrogen-bond donors (Lipinski definition) is 1. The van der Waals surface area contributed by atoms with Gasteiger partial charge in [0.15, 0.2) is 0 Å². The first-order valence-electron chi connectivity index (χ1n) is 9.08. The summed E-state index contributed by atoms with van der Waals surface area (Å²) in [5.74, 6) is -0.0102. The third-order valence-corrected chi connectivity index (χ3v) is 5.78. The minimum atomic E-state index is -0.0102. The van der Waals surface area contributed by atoms with Crippen LogP contribution in [0.1, 0.15) is 53.0 Å². The van der Waals surface area contributed by atoms with Gasteiger partial charge in [0.25, 0.3) is 5.91 Å². The van der Waals surface area contributed by atoms with Gasteiger partial charge in [0.05, 0.1) is 11.8 Å². The molecule has 1 unspecified atom stereocenters. The Hall–Kier alpha value is -1.72. The molecule has 1 saturated heterocycles. The van der Waals surface area contributed by atoms with Gasteiger partial charge in [-0.05, 0) is 58.1 Å². The minimum absolute atomic E-state index is 0.0102. The van der Waals surface area contributed by atoms with E-state index in [1.165, 1.54) is 17.7 Å². The molecule has 2 heterocycles. The van der Waals surface area contributed by atoms with E-state index in [1.807, 2.05) is 31.2 Å². The third kappa shape index (κ3) is 4.89. The van der Waals surface area contributed by atoms with E-state index in [0.717, 1.165) is 42.1 Å². The summed E-state index contributed by atoms with van der Waals surface area (Å²) in [5, 5.41) is 4.00. The van der Waals surface area contributed by atoms with Gasteiger partial charge in [-0.15, -0.1) is 11.3 Å². The van der Waals surface area contributed by atoms with Crippen LogP contribution in [0, 0.1) is 13.8 Å². The Labute approximate surface area is 153 Å². The lowest BCUT2D eigenvalue weighted by molar-refractivity contribution is 0.0947. The van der Waals surface area contributed by atoms with Crippen molar-refractivity contribution in [3.63, 3.8) is 0 Å². The van der Waals surface area contributed by atoms with Crippen molar-refractivity contribution >= 4 is 17.2 Å². The number of hydrogen-bond acceptors (Lipinski definition) is 4. The van der Waals surface area contributed by atoms with Crippen LogP contribution in [-0.4, -0.2) is 30.1 Å². The highest BCUT2D eigenvalue weighted by molar-refractivity contribution is 7.15. The highest BCUT2D eigenvalue weighted by Gasteiger charge is 2.14. The van der Waals surface area contributed by atoms with Crippen molar-refractivity contribution in [1.29, 1.82) is 0 Å². The average molecular weight is 359 g/mol. The number of thiazole rings is 1. The molecular weight excluding hydrogens is 332 g/mol. The number of aromatic nitrogens is 1. The summed E-state index contributed by atoms with van der Waals surface area (Å²) in [6, 6.07) is 7.72. The number of carbonyl (C=O) groups excluding carboxylic acids is 1. The second-order valence-corrected chi connectivity index (χ2v) is 7.83. The van der Waals surface area contributed by atoms with Gasteiger partial charge in [-0.3, -0.25) is 4.79 Å². The first kappa shape index (κ1) is 18.1. The largest absolute Gasteiger partial charge is 0.378 e. The fourth-order valence-electron chi connectivity index (χ4n) is 3.06. The molecule has 1 aliphatic rings. The Kier molecular flexibility index (Phi) is 6.21. The van der Waals surface area contributed by atoms with Gasteiger partial charge in [-0.25, -0.2) is 4.98 Å². The van der Waals surface area contributed by atoms with Gasteiger partial charge in [-0.1, -0.05) is 12.1 Å². The summed E-state index contributed by atoms with van der Waals surface area (Å²) in [6.45, 7) is 5.72. The van der Waals surface area contributed by atoms with Crippen LogP contribution in [0.2, 0.25) is 0 Å². The van der Waals surface area contributed by atoms with Crippen LogP contribution >= 0.6 is 11.3 Å². The smallest absolute Gasteiger partial charge is 0.251 e.